The highest BCUT2D eigenvalue weighted by Gasteiger charge is 2.08. The molecule has 0 aromatic heterocycles. The van der Waals surface area contributed by atoms with E-state index in [4.69, 9.17) is 0 Å². The molecule has 3 rings (SSSR count). The van der Waals surface area contributed by atoms with Crippen molar-refractivity contribution in [2.45, 2.75) is 0 Å². The second-order valence-electron chi connectivity index (χ2n) is 4.07. The molecule has 0 fully saturated rings. The standard InChI is InChI=1S/C16H11I/c17-15-9-5-12(6-10-15)11-14-8-7-13-3-1-2-4-16(13)14/h1-11H. The van der Waals surface area contributed by atoms with Gasteiger partial charge in [-0.1, -0.05) is 48.6 Å². The maximum absolute atomic E-state index is 2.33. The summed E-state index contributed by atoms with van der Waals surface area (Å²) in [7, 11) is 0. The van der Waals surface area contributed by atoms with Gasteiger partial charge in [0.25, 0.3) is 0 Å². The summed E-state index contributed by atoms with van der Waals surface area (Å²) in [5.74, 6) is 0. The molecule has 0 amide bonds. The largest absolute Gasteiger partial charge is 0.0616 e. The van der Waals surface area contributed by atoms with E-state index in [2.05, 4.69) is 89.3 Å². The van der Waals surface area contributed by atoms with Gasteiger partial charge in [-0.15, -0.1) is 0 Å². The van der Waals surface area contributed by atoms with Gasteiger partial charge < -0.3 is 0 Å². The molecule has 1 heteroatoms. The lowest BCUT2D eigenvalue weighted by Crippen LogP contribution is -1.80. The van der Waals surface area contributed by atoms with Crippen molar-refractivity contribution >= 4 is 40.3 Å². The Morgan fingerprint density at radius 1 is 0.824 bits per heavy atom. The molecule has 2 aromatic rings. The fraction of sp³-hybridized carbons (Fsp3) is 0. The van der Waals surface area contributed by atoms with E-state index in [1.165, 1.54) is 25.8 Å². The van der Waals surface area contributed by atoms with Gasteiger partial charge in [0.15, 0.2) is 0 Å². The van der Waals surface area contributed by atoms with Gasteiger partial charge in [0.2, 0.25) is 0 Å². The number of fused-ring (bicyclic) bond motifs is 1. The Bertz CT molecular complexity index is 604. The van der Waals surface area contributed by atoms with Gasteiger partial charge in [-0.3, -0.25) is 0 Å². The SMILES string of the molecule is Ic1ccc(C=C2C=Cc3ccccc32)cc1. The van der Waals surface area contributed by atoms with Gasteiger partial charge >= 0.3 is 0 Å². The molecule has 1 aliphatic carbocycles. The van der Waals surface area contributed by atoms with Crippen molar-refractivity contribution in [3.8, 4) is 0 Å². The van der Waals surface area contributed by atoms with Crippen molar-refractivity contribution in [2.24, 2.45) is 0 Å². The van der Waals surface area contributed by atoms with E-state index in [-0.39, 0.29) is 0 Å². The van der Waals surface area contributed by atoms with E-state index in [0.29, 0.717) is 0 Å². The van der Waals surface area contributed by atoms with Crippen molar-refractivity contribution in [3.05, 3.63) is 74.9 Å². The molecule has 17 heavy (non-hydrogen) atoms. The number of halogens is 1. The van der Waals surface area contributed by atoms with Gasteiger partial charge in [0.05, 0.1) is 0 Å². The molecule has 0 N–H and O–H groups in total. The third-order valence-electron chi connectivity index (χ3n) is 2.91. The fourth-order valence-corrected chi connectivity index (χ4v) is 2.40. The molecule has 82 valence electrons. The van der Waals surface area contributed by atoms with Gasteiger partial charge in [0, 0.05) is 3.57 Å². The number of hydrogen-bond donors (Lipinski definition) is 0. The van der Waals surface area contributed by atoms with Crippen molar-refractivity contribution in [2.75, 3.05) is 0 Å². The van der Waals surface area contributed by atoms with Gasteiger partial charge in [-0.05, 0) is 63.1 Å². The van der Waals surface area contributed by atoms with E-state index in [9.17, 15) is 0 Å². The summed E-state index contributed by atoms with van der Waals surface area (Å²) in [6.07, 6.45) is 6.59. The van der Waals surface area contributed by atoms with Crippen LogP contribution in [0.1, 0.15) is 16.7 Å². The van der Waals surface area contributed by atoms with Crippen LogP contribution >= 0.6 is 22.6 Å². The molecule has 0 saturated heterocycles. The molecular formula is C16H11I. The summed E-state index contributed by atoms with van der Waals surface area (Å²) in [6.45, 7) is 0. The molecule has 0 aliphatic heterocycles. The predicted molar refractivity (Wildman–Crippen MR) is 82.5 cm³/mol. The summed E-state index contributed by atoms with van der Waals surface area (Å²) in [6, 6.07) is 17.1. The lowest BCUT2D eigenvalue weighted by atomic mass is 10.0. The molecular weight excluding hydrogens is 319 g/mol. The summed E-state index contributed by atoms with van der Waals surface area (Å²) in [5.41, 5.74) is 5.18. The zero-order valence-electron chi connectivity index (χ0n) is 9.23. The highest BCUT2D eigenvalue weighted by Crippen LogP contribution is 2.30. The molecule has 0 bridgehead atoms. The molecule has 1 aliphatic rings. The molecule has 2 aromatic carbocycles. The summed E-state index contributed by atoms with van der Waals surface area (Å²) >= 11 is 2.33. The van der Waals surface area contributed by atoms with Crippen molar-refractivity contribution in [1.82, 2.24) is 0 Å². The lowest BCUT2D eigenvalue weighted by Gasteiger charge is -2.01. The minimum atomic E-state index is 1.25. The van der Waals surface area contributed by atoms with Crippen LogP contribution < -0.4 is 0 Å². The zero-order chi connectivity index (χ0) is 11.7. The summed E-state index contributed by atoms with van der Waals surface area (Å²) in [5, 5.41) is 0. The highest BCUT2D eigenvalue weighted by molar-refractivity contribution is 14.1. The molecule has 0 radical (unpaired) electrons. The number of rotatable bonds is 1. The van der Waals surface area contributed by atoms with Gasteiger partial charge in [0.1, 0.15) is 0 Å². The van der Waals surface area contributed by atoms with Crippen LogP contribution in [0.15, 0.2) is 54.6 Å². The van der Waals surface area contributed by atoms with Crippen LogP contribution in [-0.4, -0.2) is 0 Å². The Labute approximate surface area is 115 Å². The maximum Gasteiger partial charge on any atom is 0.0130 e. The monoisotopic (exact) mass is 330 g/mol. The molecule has 0 unspecified atom stereocenters. The first-order valence-corrected chi connectivity index (χ1v) is 6.65. The zero-order valence-corrected chi connectivity index (χ0v) is 11.4. The molecule has 0 nitrogen and oxygen atoms in total. The number of allylic oxidation sites excluding steroid dienone is 2. The van der Waals surface area contributed by atoms with E-state index < -0.39 is 0 Å². The number of benzene rings is 2. The van der Waals surface area contributed by atoms with Crippen LogP contribution in [0.4, 0.5) is 0 Å². The van der Waals surface area contributed by atoms with Crippen LogP contribution in [0.3, 0.4) is 0 Å². The van der Waals surface area contributed by atoms with Crippen molar-refractivity contribution in [1.29, 1.82) is 0 Å². The van der Waals surface area contributed by atoms with E-state index in [1.807, 2.05) is 0 Å². The average Bonchev–Trinajstić information content (AvgIpc) is 2.76. The van der Waals surface area contributed by atoms with Gasteiger partial charge in [-0.2, -0.15) is 0 Å². The first-order valence-electron chi connectivity index (χ1n) is 5.58. The number of hydrogen-bond acceptors (Lipinski definition) is 0. The first kappa shape index (κ1) is 10.8. The van der Waals surface area contributed by atoms with E-state index >= 15 is 0 Å². The van der Waals surface area contributed by atoms with Crippen LogP contribution in [0, 0.1) is 3.57 Å². The second kappa shape index (κ2) is 4.49. The van der Waals surface area contributed by atoms with Crippen LogP contribution in [0.5, 0.6) is 0 Å². The van der Waals surface area contributed by atoms with E-state index in [1.54, 1.807) is 0 Å². The van der Waals surface area contributed by atoms with Crippen molar-refractivity contribution < 1.29 is 0 Å². The fourth-order valence-electron chi connectivity index (χ4n) is 2.04. The Balaban J connectivity index is 2.02. The summed E-state index contributed by atoms with van der Waals surface area (Å²) < 4.78 is 1.27. The molecule has 0 saturated carbocycles. The lowest BCUT2D eigenvalue weighted by molar-refractivity contribution is 1.59. The van der Waals surface area contributed by atoms with Crippen LogP contribution in [0.25, 0.3) is 17.7 Å². The Morgan fingerprint density at radius 3 is 2.41 bits per heavy atom. The molecule has 0 heterocycles. The third-order valence-corrected chi connectivity index (χ3v) is 3.63. The molecule has 0 atom stereocenters. The Hall–Kier alpha value is -1.35. The smallest absolute Gasteiger partial charge is 0.0130 e. The minimum absolute atomic E-state index is 1.25. The Kier molecular flexibility index (Phi) is 2.85. The Morgan fingerprint density at radius 2 is 1.59 bits per heavy atom. The second-order valence-corrected chi connectivity index (χ2v) is 5.32. The minimum Gasteiger partial charge on any atom is -0.0616 e. The predicted octanol–water partition coefficient (Wildman–Crippen LogP) is 4.86. The summed E-state index contributed by atoms with van der Waals surface area (Å²) in [4.78, 5) is 0. The topological polar surface area (TPSA) is 0 Å². The van der Waals surface area contributed by atoms with Crippen molar-refractivity contribution in [3.63, 3.8) is 0 Å². The van der Waals surface area contributed by atoms with E-state index in [0.717, 1.165) is 0 Å². The normalized spacial score (nSPS) is 15.2. The quantitative estimate of drug-likeness (QED) is 0.655. The van der Waals surface area contributed by atoms with Crippen LogP contribution in [0.2, 0.25) is 0 Å². The first-order chi connectivity index (χ1) is 8.33. The average molecular weight is 330 g/mol. The van der Waals surface area contributed by atoms with Crippen LogP contribution in [-0.2, 0) is 0 Å². The highest BCUT2D eigenvalue weighted by atomic mass is 127. The van der Waals surface area contributed by atoms with Gasteiger partial charge in [-0.25, -0.2) is 0 Å². The third kappa shape index (κ3) is 2.20. The molecule has 0 spiro atoms. The maximum atomic E-state index is 2.33.